The van der Waals surface area contributed by atoms with Crippen molar-refractivity contribution in [2.24, 2.45) is 5.92 Å². The van der Waals surface area contributed by atoms with Crippen molar-refractivity contribution in [1.82, 2.24) is 20.3 Å². The zero-order valence-electron chi connectivity index (χ0n) is 21.6. The molecule has 38 heavy (non-hydrogen) atoms. The molecule has 0 amide bonds. The molecule has 3 atom stereocenters. The molecule has 0 radical (unpaired) electrons. The highest BCUT2D eigenvalue weighted by atomic mass is 32.2. The first kappa shape index (κ1) is 29.9. The van der Waals surface area contributed by atoms with Crippen molar-refractivity contribution in [3.05, 3.63) is 53.5 Å². The second-order valence-corrected chi connectivity index (χ2v) is 11.4. The minimum Gasteiger partial charge on any atom is -0.459 e. The summed E-state index contributed by atoms with van der Waals surface area (Å²) < 4.78 is 57.7. The topological polar surface area (TPSA) is 101 Å². The standard InChI is InChI=1S/C25H33F3N6O2S2/c1-5-17(4)22(36-19-8-9-21(31-14-19)34-38(35)15-25(26,27)28)23(37-16(2)3)20-10-12-30-24(33-20)32-18-7-6-11-29-13-18/h8-10,12,14,17-18,29H,2,5-7,11,13,15H2,1,3-4H3,(H,31,34)(H,30,32,33)/b23-22+. The summed E-state index contributed by atoms with van der Waals surface area (Å²) in [5.41, 5.74) is 0.684. The van der Waals surface area contributed by atoms with Crippen molar-refractivity contribution in [3.63, 3.8) is 0 Å². The van der Waals surface area contributed by atoms with Crippen molar-refractivity contribution in [3.8, 4) is 5.75 Å². The highest BCUT2D eigenvalue weighted by Gasteiger charge is 2.30. The van der Waals surface area contributed by atoms with Crippen LogP contribution in [-0.2, 0) is 11.0 Å². The smallest absolute Gasteiger partial charge is 0.402 e. The van der Waals surface area contributed by atoms with Crippen molar-refractivity contribution in [2.45, 2.75) is 52.3 Å². The van der Waals surface area contributed by atoms with E-state index in [1.807, 2.05) is 26.8 Å². The van der Waals surface area contributed by atoms with Crippen LogP contribution in [0.4, 0.5) is 24.9 Å². The minimum atomic E-state index is -4.54. The molecule has 3 heterocycles. The molecule has 3 unspecified atom stereocenters. The molecule has 3 rings (SSSR count). The number of thioether (sulfide) groups is 1. The van der Waals surface area contributed by atoms with Gasteiger partial charge in [0.05, 0.1) is 16.8 Å². The molecule has 3 N–H and O–H groups in total. The predicted octanol–water partition coefficient (Wildman–Crippen LogP) is 5.73. The van der Waals surface area contributed by atoms with Gasteiger partial charge in [-0.2, -0.15) is 13.2 Å². The van der Waals surface area contributed by atoms with Gasteiger partial charge >= 0.3 is 6.18 Å². The van der Waals surface area contributed by atoms with E-state index in [1.165, 1.54) is 24.0 Å². The fourth-order valence-corrected chi connectivity index (χ4v) is 5.23. The molecule has 1 saturated heterocycles. The van der Waals surface area contributed by atoms with Crippen LogP contribution in [0.1, 0.15) is 45.7 Å². The van der Waals surface area contributed by atoms with Crippen LogP contribution >= 0.6 is 11.8 Å². The molecule has 0 aromatic carbocycles. The molecule has 1 aliphatic rings. The first-order chi connectivity index (χ1) is 18.0. The minimum absolute atomic E-state index is 0.00265. The third kappa shape index (κ3) is 9.59. The van der Waals surface area contributed by atoms with E-state index >= 15 is 0 Å². The summed E-state index contributed by atoms with van der Waals surface area (Å²) in [7, 11) is -2.34. The summed E-state index contributed by atoms with van der Waals surface area (Å²) in [6.07, 6.45) is 1.44. The van der Waals surface area contributed by atoms with Crippen LogP contribution in [0.15, 0.2) is 47.8 Å². The number of hydrogen-bond acceptors (Lipinski definition) is 8. The molecule has 8 nitrogen and oxygen atoms in total. The van der Waals surface area contributed by atoms with E-state index in [2.05, 4.69) is 31.9 Å². The monoisotopic (exact) mass is 570 g/mol. The van der Waals surface area contributed by atoms with Gasteiger partial charge in [0.25, 0.3) is 0 Å². The second-order valence-electron chi connectivity index (χ2n) is 8.95. The quantitative estimate of drug-likeness (QED) is 0.278. The molecule has 208 valence electrons. The summed E-state index contributed by atoms with van der Waals surface area (Å²) in [6, 6.07) is 5.06. The molecule has 0 saturated carbocycles. The van der Waals surface area contributed by atoms with Gasteiger partial charge in [-0.05, 0) is 55.8 Å². The Kier molecular flexibility index (Phi) is 11.0. The van der Waals surface area contributed by atoms with Gasteiger partial charge < -0.3 is 15.4 Å². The van der Waals surface area contributed by atoms with Crippen molar-refractivity contribution >= 4 is 39.4 Å². The Balaban J connectivity index is 1.88. The van der Waals surface area contributed by atoms with Crippen LogP contribution in [-0.4, -0.2) is 50.2 Å². The van der Waals surface area contributed by atoms with E-state index in [0.717, 1.165) is 42.2 Å². The lowest BCUT2D eigenvalue weighted by atomic mass is 10.1. The second kappa shape index (κ2) is 13.9. The van der Waals surface area contributed by atoms with E-state index < -0.39 is 22.9 Å². The number of aromatic nitrogens is 3. The highest BCUT2D eigenvalue weighted by molar-refractivity contribution is 8.11. The van der Waals surface area contributed by atoms with Crippen LogP contribution in [0, 0.1) is 5.92 Å². The molecule has 13 heteroatoms. The van der Waals surface area contributed by atoms with E-state index in [9.17, 15) is 17.4 Å². The number of piperidine rings is 1. The average Bonchev–Trinajstić information content (AvgIpc) is 2.86. The largest absolute Gasteiger partial charge is 0.459 e. The van der Waals surface area contributed by atoms with Crippen molar-refractivity contribution in [1.29, 1.82) is 0 Å². The Labute approximate surface area is 227 Å². The van der Waals surface area contributed by atoms with E-state index in [0.29, 0.717) is 23.2 Å². The molecule has 1 aliphatic heterocycles. The van der Waals surface area contributed by atoms with E-state index in [1.54, 1.807) is 12.3 Å². The molecule has 2 aromatic heterocycles. The number of halogens is 3. The number of allylic oxidation sites excluding steroid dienone is 2. The third-order valence-corrected chi connectivity index (χ3v) is 7.54. The normalized spacial score (nSPS) is 18.2. The van der Waals surface area contributed by atoms with Gasteiger partial charge in [-0.25, -0.2) is 19.2 Å². The van der Waals surface area contributed by atoms with Gasteiger partial charge in [0.1, 0.15) is 34.1 Å². The molecular weight excluding hydrogens is 537 g/mol. The van der Waals surface area contributed by atoms with E-state index in [-0.39, 0.29) is 17.8 Å². The van der Waals surface area contributed by atoms with Crippen LogP contribution in [0.5, 0.6) is 5.75 Å². The van der Waals surface area contributed by atoms with Gasteiger partial charge in [-0.1, -0.05) is 32.2 Å². The van der Waals surface area contributed by atoms with Crippen LogP contribution in [0.25, 0.3) is 4.91 Å². The Morgan fingerprint density at radius 3 is 2.74 bits per heavy atom. The maximum Gasteiger partial charge on any atom is 0.402 e. The maximum absolute atomic E-state index is 12.5. The predicted molar refractivity (Wildman–Crippen MR) is 148 cm³/mol. The molecule has 2 aromatic rings. The summed E-state index contributed by atoms with van der Waals surface area (Å²) in [6.45, 7) is 11.9. The lowest BCUT2D eigenvalue weighted by Crippen LogP contribution is -2.38. The number of rotatable bonds is 12. The Morgan fingerprint density at radius 1 is 1.34 bits per heavy atom. The highest BCUT2D eigenvalue weighted by Crippen LogP contribution is 2.39. The Bertz CT molecular complexity index is 1140. The number of pyridine rings is 1. The first-order valence-corrected chi connectivity index (χ1v) is 14.4. The van der Waals surface area contributed by atoms with Gasteiger partial charge in [-0.15, -0.1) is 0 Å². The summed E-state index contributed by atoms with van der Waals surface area (Å²) >= 11 is 1.45. The maximum atomic E-state index is 12.5. The number of hydrogen-bond donors (Lipinski definition) is 3. The van der Waals surface area contributed by atoms with Crippen LogP contribution in [0.3, 0.4) is 0 Å². The van der Waals surface area contributed by atoms with Crippen LogP contribution in [0.2, 0.25) is 0 Å². The summed E-state index contributed by atoms with van der Waals surface area (Å²) in [4.78, 5) is 14.9. The summed E-state index contributed by atoms with van der Waals surface area (Å²) in [5.74, 6) is 0.156. The van der Waals surface area contributed by atoms with Gasteiger partial charge in [0.2, 0.25) is 5.95 Å². The first-order valence-electron chi connectivity index (χ1n) is 12.3. The van der Waals surface area contributed by atoms with E-state index in [4.69, 9.17) is 9.72 Å². The van der Waals surface area contributed by atoms with Gasteiger partial charge in [0, 0.05) is 24.7 Å². The SMILES string of the molecule is C=C(C)S/C(=C(/Oc1ccc(NS(=O)CC(F)(F)F)nc1)C(C)CC)c1ccnc(NC2CCCNC2)n1. The zero-order valence-corrected chi connectivity index (χ0v) is 23.2. The fraction of sp³-hybridized carbons (Fsp3) is 0.480. The molecule has 0 spiro atoms. The number of ether oxygens (including phenoxy) is 1. The number of nitrogens with one attached hydrogen (secondary N) is 3. The number of anilines is 2. The zero-order chi connectivity index (χ0) is 27.7. The lowest BCUT2D eigenvalue weighted by Gasteiger charge is -2.24. The third-order valence-electron chi connectivity index (χ3n) is 5.56. The fourth-order valence-electron chi connectivity index (χ4n) is 3.60. The molecular formula is C25H33F3N6O2S2. The molecule has 0 aliphatic carbocycles. The van der Waals surface area contributed by atoms with Gasteiger partial charge in [0.15, 0.2) is 0 Å². The summed E-state index contributed by atoms with van der Waals surface area (Å²) in [5, 5.41) is 6.78. The van der Waals surface area contributed by atoms with Gasteiger partial charge in [-0.3, -0.25) is 4.72 Å². The molecule has 1 fully saturated rings. The lowest BCUT2D eigenvalue weighted by molar-refractivity contribution is -0.105. The molecule has 0 bridgehead atoms. The van der Waals surface area contributed by atoms with Crippen LogP contribution < -0.4 is 20.1 Å². The Morgan fingerprint density at radius 2 is 2.13 bits per heavy atom. The number of alkyl halides is 3. The van der Waals surface area contributed by atoms with Crippen molar-refractivity contribution < 1.29 is 22.1 Å². The average molecular weight is 571 g/mol. The Hall–Kier alpha value is -2.64. The number of nitrogens with zero attached hydrogens (tertiary/aromatic N) is 3. The van der Waals surface area contributed by atoms with Crippen molar-refractivity contribution in [2.75, 3.05) is 28.9 Å².